The van der Waals surface area contributed by atoms with Gasteiger partial charge in [-0.15, -0.1) is 0 Å². The highest BCUT2D eigenvalue weighted by molar-refractivity contribution is 5.96. The van der Waals surface area contributed by atoms with E-state index in [1.54, 1.807) is 30.3 Å². The molecule has 1 heterocycles. The second kappa shape index (κ2) is 8.23. The first-order valence-electron chi connectivity index (χ1n) is 8.71. The van der Waals surface area contributed by atoms with Crippen LogP contribution in [0.15, 0.2) is 60.7 Å². The molecule has 2 aromatic carbocycles. The first-order chi connectivity index (χ1) is 13.5. The summed E-state index contributed by atoms with van der Waals surface area (Å²) in [5, 5.41) is 11.5. The van der Waals surface area contributed by atoms with E-state index in [0.29, 0.717) is 16.8 Å². The third-order valence-electron chi connectivity index (χ3n) is 4.28. The fourth-order valence-electron chi connectivity index (χ4n) is 3.02. The fourth-order valence-corrected chi connectivity index (χ4v) is 3.02. The van der Waals surface area contributed by atoms with Crippen molar-refractivity contribution in [2.24, 2.45) is 0 Å². The molecule has 140 valence electrons. The molecule has 1 N–H and O–H groups in total. The lowest BCUT2D eigenvalue weighted by Crippen LogP contribution is -2.21. The maximum Gasteiger partial charge on any atom is 0.340 e. The number of amides is 1. The minimum absolute atomic E-state index is 0.412. The summed E-state index contributed by atoms with van der Waals surface area (Å²) >= 11 is 0. The van der Waals surface area contributed by atoms with Gasteiger partial charge >= 0.3 is 5.97 Å². The van der Waals surface area contributed by atoms with Gasteiger partial charge in [-0.05, 0) is 50.2 Å². The summed E-state index contributed by atoms with van der Waals surface area (Å²) in [5.41, 5.74) is 3.92. The number of rotatable bonds is 5. The molecule has 0 fully saturated rings. The van der Waals surface area contributed by atoms with Gasteiger partial charge in [0.05, 0.1) is 17.2 Å². The average Bonchev–Trinajstić information content (AvgIpc) is 3.01. The van der Waals surface area contributed by atoms with E-state index in [1.807, 2.05) is 54.8 Å². The van der Waals surface area contributed by atoms with E-state index in [1.165, 1.54) is 0 Å². The number of aromatic nitrogens is 1. The molecule has 0 aliphatic heterocycles. The van der Waals surface area contributed by atoms with Crippen molar-refractivity contribution >= 4 is 17.6 Å². The van der Waals surface area contributed by atoms with E-state index in [4.69, 9.17) is 10.00 Å². The maximum atomic E-state index is 12.5. The Kier molecular flexibility index (Phi) is 5.56. The number of hydrogen-bond donors (Lipinski definition) is 1. The third kappa shape index (κ3) is 4.10. The van der Waals surface area contributed by atoms with E-state index in [9.17, 15) is 9.59 Å². The Bertz CT molecular complexity index is 1060. The summed E-state index contributed by atoms with van der Waals surface area (Å²) < 4.78 is 7.14. The monoisotopic (exact) mass is 373 g/mol. The largest absolute Gasteiger partial charge is 0.452 e. The number of nitrogens with one attached hydrogen (secondary N) is 1. The van der Waals surface area contributed by atoms with E-state index in [2.05, 4.69) is 5.32 Å². The zero-order valence-electron chi connectivity index (χ0n) is 15.6. The summed E-state index contributed by atoms with van der Waals surface area (Å²) in [4.78, 5) is 24.5. The zero-order chi connectivity index (χ0) is 20.1. The van der Waals surface area contributed by atoms with Crippen LogP contribution in [0.1, 0.15) is 27.3 Å². The van der Waals surface area contributed by atoms with E-state index in [-0.39, 0.29) is 0 Å². The van der Waals surface area contributed by atoms with E-state index >= 15 is 0 Å². The maximum absolute atomic E-state index is 12.5. The topological polar surface area (TPSA) is 84.1 Å². The van der Waals surface area contributed by atoms with Gasteiger partial charge in [-0.25, -0.2) is 4.79 Å². The lowest BCUT2D eigenvalue weighted by Gasteiger charge is -2.10. The minimum atomic E-state index is -0.559. The van der Waals surface area contributed by atoms with Gasteiger partial charge in [-0.3, -0.25) is 4.79 Å². The first-order valence-corrected chi connectivity index (χ1v) is 8.71. The van der Waals surface area contributed by atoms with Crippen LogP contribution in [-0.2, 0) is 9.53 Å². The number of carbonyl (C=O) groups is 2. The third-order valence-corrected chi connectivity index (χ3v) is 4.28. The van der Waals surface area contributed by atoms with Crippen molar-refractivity contribution < 1.29 is 14.3 Å². The molecule has 0 atom stereocenters. The van der Waals surface area contributed by atoms with Crippen molar-refractivity contribution in [3.8, 4) is 11.8 Å². The molecule has 0 aliphatic carbocycles. The number of ether oxygens (including phenoxy) is 1. The molecule has 0 spiro atoms. The molecule has 1 aromatic heterocycles. The van der Waals surface area contributed by atoms with Crippen molar-refractivity contribution in [3.63, 3.8) is 0 Å². The number of aryl methyl sites for hydroxylation is 1. The number of nitriles is 1. The van der Waals surface area contributed by atoms with Gasteiger partial charge in [0.15, 0.2) is 6.61 Å². The van der Waals surface area contributed by atoms with Gasteiger partial charge in [0.25, 0.3) is 5.91 Å². The number of carbonyl (C=O) groups excluding carboxylic acids is 2. The Morgan fingerprint density at radius 2 is 1.82 bits per heavy atom. The van der Waals surface area contributed by atoms with E-state index < -0.39 is 18.5 Å². The summed E-state index contributed by atoms with van der Waals surface area (Å²) in [6.45, 7) is 3.33. The lowest BCUT2D eigenvalue weighted by molar-refractivity contribution is -0.119. The summed E-state index contributed by atoms with van der Waals surface area (Å²) in [6.07, 6.45) is 0. The van der Waals surface area contributed by atoms with E-state index in [0.717, 1.165) is 17.1 Å². The normalized spacial score (nSPS) is 10.2. The molecule has 0 aliphatic rings. The number of hydrogen-bond acceptors (Lipinski definition) is 4. The molecule has 1 amide bonds. The average molecular weight is 373 g/mol. The molecule has 28 heavy (non-hydrogen) atoms. The molecule has 0 bridgehead atoms. The lowest BCUT2D eigenvalue weighted by atomic mass is 10.2. The van der Waals surface area contributed by atoms with Crippen LogP contribution >= 0.6 is 0 Å². The Morgan fingerprint density at radius 1 is 1.07 bits per heavy atom. The molecular formula is C22H19N3O3. The van der Waals surface area contributed by atoms with Crippen LogP contribution in [0.2, 0.25) is 0 Å². The Hall–Kier alpha value is -3.85. The Labute approximate surface area is 163 Å². The molecule has 0 radical (unpaired) electrons. The van der Waals surface area contributed by atoms with Crippen molar-refractivity contribution in [1.29, 1.82) is 5.26 Å². The van der Waals surface area contributed by atoms with Crippen LogP contribution in [0.5, 0.6) is 0 Å². The summed E-state index contributed by atoms with van der Waals surface area (Å²) in [7, 11) is 0. The van der Waals surface area contributed by atoms with Gasteiger partial charge in [0, 0.05) is 22.8 Å². The molecule has 0 saturated carbocycles. The Morgan fingerprint density at radius 3 is 2.54 bits per heavy atom. The molecule has 6 heteroatoms. The van der Waals surface area contributed by atoms with Crippen molar-refractivity contribution in [2.75, 3.05) is 11.9 Å². The number of esters is 1. The number of benzene rings is 2. The van der Waals surface area contributed by atoms with Crippen molar-refractivity contribution in [3.05, 3.63) is 83.2 Å². The highest BCUT2D eigenvalue weighted by atomic mass is 16.5. The quantitative estimate of drug-likeness (QED) is 0.690. The first kappa shape index (κ1) is 18.9. The highest BCUT2D eigenvalue weighted by Gasteiger charge is 2.18. The minimum Gasteiger partial charge on any atom is -0.452 e. The van der Waals surface area contributed by atoms with Gasteiger partial charge in [-0.2, -0.15) is 5.26 Å². The Balaban J connectivity index is 1.67. The van der Waals surface area contributed by atoms with Crippen LogP contribution < -0.4 is 5.32 Å². The van der Waals surface area contributed by atoms with Gasteiger partial charge in [0.1, 0.15) is 0 Å². The summed E-state index contributed by atoms with van der Waals surface area (Å²) in [6, 6.07) is 20.0. The van der Waals surface area contributed by atoms with Crippen LogP contribution in [-0.4, -0.2) is 23.1 Å². The van der Waals surface area contributed by atoms with Crippen molar-refractivity contribution in [1.82, 2.24) is 4.57 Å². The SMILES string of the molecule is Cc1cc(C(=O)OCC(=O)Nc2cccc(C#N)c2)c(C)n1-c1ccccc1. The fraction of sp³-hybridized carbons (Fsp3) is 0.136. The predicted octanol–water partition coefficient (Wildman–Crippen LogP) is 3.76. The van der Waals surface area contributed by atoms with Crippen LogP contribution in [0.4, 0.5) is 5.69 Å². The van der Waals surface area contributed by atoms with Gasteiger partial charge < -0.3 is 14.6 Å². The summed E-state index contributed by atoms with van der Waals surface area (Å²) in [5.74, 6) is -1.03. The smallest absolute Gasteiger partial charge is 0.340 e. The molecule has 0 unspecified atom stereocenters. The highest BCUT2D eigenvalue weighted by Crippen LogP contribution is 2.21. The number of para-hydroxylation sites is 1. The standard InChI is InChI=1S/C22H19N3O3/c1-15-11-20(16(2)25(15)19-9-4-3-5-10-19)22(27)28-14-21(26)24-18-8-6-7-17(12-18)13-23/h3-12H,14H2,1-2H3,(H,24,26). The van der Waals surface area contributed by atoms with Crippen LogP contribution in [0.25, 0.3) is 5.69 Å². The van der Waals surface area contributed by atoms with Gasteiger partial charge in [0.2, 0.25) is 0 Å². The molecular weight excluding hydrogens is 354 g/mol. The van der Waals surface area contributed by atoms with Crippen molar-refractivity contribution in [2.45, 2.75) is 13.8 Å². The van der Waals surface area contributed by atoms with Crippen LogP contribution in [0, 0.1) is 25.2 Å². The molecule has 0 saturated heterocycles. The second-order valence-corrected chi connectivity index (χ2v) is 6.27. The molecule has 6 nitrogen and oxygen atoms in total. The molecule has 3 rings (SSSR count). The van der Waals surface area contributed by atoms with Crippen LogP contribution in [0.3, 0.4) is 0 Å². The zero-order valence-corrected chi connectivity index (χ0v) is 15.6. The second-order valence-electron chi connectivity index (χ2n) is 6.27. The predicted molar refractivity (Wildman–Crippen MR) is 105 cm³/mol. The number of nitrogens with zero attached hydrogens (tertiary/aromatic N) is 2. The van der Waals surface area contributed by atoms with Gasteiger partial charge in [-0.1, -0.05) is 24.3 Å². The molecule has 3 aromatic rings. The number of anilines is 1.